The summed E-state index contributed by atoms with van der Waals surface area (Å²) in [7, 11) is 0. The molecule has 4 N–H and O–H groups in total. The van der Waals surface area contributed by atoms with Crippen LogP contribution in [0.2, 0.25) is 0 Å². The van der Waals surface area contributed by atoms with Gasteiger partial charge in [-0.1, -0.05) is 47.4 Å². The molecule has 0 spiro atoms. The van der Waals surface area contributed by atoms with Crippen LogP contribution in [0.1, 0.15) is 47.8 Å². The van der Waals surface area contributed by atoms with Crippen LogP contribution >= 0.6 is 34.9 Å². The first-order chi connectivity index (χ1) is 19.9. The van der Waals surface area contributed by atoms with Crippen LogP contribution in [0, 0.1) is 6.92 Å². The third-order valence-electron chi connectivity index (χ3n) is 6.20. The number of thioether (sulfide) groups is 2. The number of nitrogens with two attached hydrogens (primary N) is 1. The molecule has 16 heteroatoms. The molecule has 224 valence electrons. The van der Waals surface area contributed by atoms with Gasteiger partial charge in [-0.25, -0.2) is 4.79 Å². The highest BCUT2D eigenvalue weighted by molar-refractivity contribution is 8.01. The fraction of sp³-hybridized carbons (Fsp3) is 0.423. The van der Waals surface area contributed by atoms with E-state index in [4.69, 9.17) is 15.2 Å². The lowest BCUT2D eigenvalue weighted by molar-refractivity contribution is -0.182. The second-order valence-corrected chi connectivity index (χ2v) is 13.0. The Morgan fingerprint density at radius 2 is 1.93 bits per heavy atom. The number of hydrogen-bond donors (Lipinski definition) is 3. The van der Waals surface area contributed by atoms with Crippen LogP contribution in [0.5, 0.6) is 0 Å². The van der Waals surface area contributed by atoms with Gasteiger partial charge in [-0.15, -0.1) is 22.0 Å². The number of β-lactam (4-membered cyclic amide) rings is 1. The Hall–Kier alpha value is -3.31. The predicted molar refractivity (Wildman–Crippen MR) is 154 cm³/mol. The van der Waals surface area contributed by atoms with Gasteiger partial charge < -0.3 is 25.6 Å². The van der Waals surface area contributed by atoms with Gasteiger partial charge in [0.25, 0.3) is 11.8 Å². The summed E-state index contributed by atoms with van der Waals surface area (Å²) in [6, 6.07) is 4.16. The Balaban J connectivity index is 1.53. The zero-order chi connectivity index (χ0) is 30.7. The molecule has 2 aliphatic heterocycles. The van der Waals surface area contributed by atoms with Crippen LogP contribution in [0.15, 0.2) is 39.9 Å². The van der Waals surface area contributed by atoms with Crippen molar-refractivity contribution < 1.29 is 38.6 Å². The van der Waals surface area contributed by atoms with Crippen LogP contribution in [0.3, 0.4) is 0 Å². The Morgan fingerprint density at radius 1 is 1.21 bits per heavy atom. The number of benzene rings is 1. The van der Waals surface area contributed by atoms with Crippen molar-refractivity contribution in [1.82, 2.24) is 20.4 Å². The van der Waals surface area contributed by atoms with E-state index in [1.807, 2.05) is 6.92 Å². The molecule has 13 nitrogen and oxygen atoms in total. The van der Waals surface area contributed by atoms with E-state index in [0.29, 0.717) is 21.4 Å². The molecule has 3 heterocycles. The number of aryl methyl sites for hydroxylation is 1. The Labute approximate surface area is 253 Å². The highest BCUT2D eigenvalue weighted by Crippen LogP contribution is 2.42. The maximum Gasteiger partial charge on any atom is 0.358 e. The molecule has 0 saturated carbocycles. The molecule has 2 aromatic rings. The number of ether oxygens (including phenoxy) is 2. The number of amides is 2. The third kappa shape index (κ3) is 6.83. The summed E-state index contributed by atoms with van der Waals surface area (Å²) < 4.78 is 10.9. The fourth-order valence-electron chi connectivity index (χ4n) is 4.31. The topological polar surface area (TPSA) is 191 Å². The Kier molecular flexibility index (Phi) is 10.0. The number of hydrogen-bond acceptors (Lipinski definition) is 14. The molecule has 2 aliphatic rings. The molecule has 0 bridgehead atoms. The molecule has 1 aromatic heterocycles. The van der Waals surface area contributed by atoms with E-state index in [9.17, 15) is 29.1 Å². The van der Waals surface area contributed by atoms with E-state index in [1.165, 1.54) is 72.7 Å². The van der Waals surface area contributed by atoms with Gasteiger partial charge in [-0.05, 0) is 19.4 Å². The number of aromatic nitrogens is 2. The lowest BCUT2D eigenvalue weighted by Gasteiger charge is -2.50. The summed E-state index contributed by atoms with van der Waals surface area (Å²) in [5.41, 5.74) is 6.47. The van der Waals surface area contributed by atoms with E-state index >= 15 is 0 Å². The minimum Gasteiger partial charge on any atom is -0.426 e. The molecular weight excluding hydrogens is 607 g/mol. The second-order valence-electron chi connectivity index (χ2n) is 9.45. The largest absolute Gasteiger partial charge is 0.426 e. The molecule has 0 aliphatic carbocycles. The molecule has 0 radical (unpaired) electrons. The standard InChI is InChI=1S/C26H29N5O8S3/c1-11(27)20(33)16-7-5-6-8-17(16)21(34)22(35)28-18-23(36)31-19(25(37)39-14(4)38-13(3)32)15(9-40-24(18)31)10-41-26-30-29-12(2)42-26/h5-8,11,14,18,21,24,34H,9-10,27H2,1-4H3,(H,28,35)/t11-,14?,18?,21?,24-/m0/s1. The van der Waals surface area contributed by atoms with Gasteiger partial charge in [0, 0.05) is 36.5 Å². The first kappa shape index (κ1) is 31.6. The highest BCUT2D eigenvalue weighted by Gasteiger charge is 2.55. The molecule has 5 atom stereocenters. The van der Waals surface area contributed by atoms with Gasteiger partial charge in [0.1, 0.15) is 22.1 Å². The Bertz CT molecular complexity index is 1440. The first-order valence-electron chi connectivity index (χ1n) is 12.7. The number of Topliss-reactive ketones (excluding diaryl/α,β-unsaturated/α-hetero) is 1. The van der Waals surface area contributed by atoms with Crippen LogP contribution in [0.4, 0.5) is 0 Å². The average molecular weight is 636 g/mol. The van der Waals surface area contributed by atoms with Crippen LogP contribution < -0.4 is 11.1 Å². The van der Waals surface area contributed by atoms with Crippen molar-refractivity contribution in [1.29, 1.82) is 0 Å². The fourth-order valence-corrected chi connectivity index (χ4v) is 7.61. The van der Waals surface area contributed by atoms with Crippen molar-refractivity contribution in [3.8, 4) is 0 Å². The molecule has 2 amide bonds. The number of fused-ring (bicyclic) bond motifs is 1. The summed E-state index contributed by atoms with van der Waals surface area (Å²) in [6.07, 6.45) is -2.94. The summed E-state index contributed by atoms with van der Waals surface area (Å²) in [6.45, 7) is 5.87. The van der Waals surface area contributed by atoms with Crippen molar-refractivity contribution in [3.63, 3.8) is 0 Å². The number of nitrogens with one attached hydrogen (secondary N) is 1. The smallest absolute Gasteiger partial charge is 0.358 e. The molecule has 1 aromatic carbocycles. The number of ketones is 1. The number of carbonyl (C=O) groups is 5. The Morgan fingerprint density at radius 3 is 2.57 bits per heavy atom. The van der Waals surface area contributed by atoms with Gasteiger partial charge in [0.05, 0.1) is 6.04 Å². The monoisotopic (exact) mass is 635 g/mol. The van der Waals surface area contributed by atoms with Crippen LogP contribution in [0.25, 0.3) is 0 Å². The first-order valence-corrected chi connectivity index (χ1v) is 15.6. The van der Waals surface area contributed by atoms with E-state index in [1.54, 1.807) is 12.1 Å². The average Bonchev–Trinajstić information content (AvgIpc) is 3.37. The zero-order valence-electron chi connectivity index (χ0n) is 23.1. The van der Waals surface area contributed by atoms with E-state index in [0.717, 1.165) is 5.01 Å². The van der Waals surface area contributed by atoms with Crippen molar-refractivity contribution in [3.05, 3.63) is 51.7 Å². The van der Waals surface area contributed by atoms with E-state index in [2.05, 4.69) is 15.5 Å². The van der Waals surface area contributed by atoms with E-state index < -0.39 is 59.4 Å². The number of aliphatic hydroxyl groups excluding tert-OH is 1. The lowest BCUT2D eigenvalue weighted by atomic mass is 9.95. The van der Waals surface area contributed by atoms with Gasteiger partial charge in [0.15, 0.2) is 16.2 Å². The number of nitrogens with zero attached hydrogens (tertiary/aromatic N) is 3. The number of carbonyl (C=O) groups excluding carboxylic acids is 5. The normalized spacial score (nSPS) is 20.1. The number of rotatable bonds is 11. The predicted octanol–water partition coefficient (Wildman–Crippen LogP) is 1.31. The zero-order valence-corrected chi connectivity index (χ0v) is 25.5. The van der Waals surface area contributed by atoms with Crippen molar-refractivity contribution >= 4 is 64.4 Å². The van der Waals surface area contributed by atoms with Gasteiger partial charge in [-0.3, -0.25) is 24.1 Å². The van der Waals surface area contributed by atoms with Crippen molar-refractivity contribution in [2.75, 3.05) is 11.5 Å². The highest BCUT2D eigenvalue weighted by atomic mass is 32.2. The maximum absolute atomic E-state index is 13.3. The SMILES string of the molecule is CC(=O)OC(C)OC(=O)C1=C(CSc2nnc(C)s2)CS[C@H]2C(NC(=O)C(O)c3ccccc3C(=O)[C@H](C)N)C(=O)N12. The molecule has 4 rings (SSSR count). The molecular formula is C26H29N5O8S3. The quantitative estimate of drug-likeness (QED) is 0.105. The maximum atomic E-state index is 13.3. The van der Waals surface area contributed by atoms with Crippen molar-refractivity contribution in [2.24, 2.45) is 5.73 Å². The molecule has 42 heavy (non-hydrogen) atoms. The van der Waals surface area contributed by atoms with E-state index in [-0.39, 0.29) is 16.8 Å². The third-order valence-corrected chi connectivity index (χ3v) is 9.60. The molecule has 1 saturated heterocycles. The minimum atomic E-state index is -1.74. The second kappa shape index (κ2) is 13.3. The van der Waals surface area contributed by atoms with Crippen molar-refractivity contribution in [2.45, 2.75) is 61.9 Å². The van der Waals surface area contributed by atoms with Gasteiger partial charge >= 0.3 is 11.9 Å². The summed E-state index contributed by atoms with van der Waals surface area (Å²) in [4.78, 5) is 64.7. The van der Waals surface area contributed by atoms with Gasteiger partial charge in [0.2, 0.25) is 6.29 Å². The summed E-state index contributed by atoms with van der Waals surface area (Å²) in [5, 5.41) is 21.5. The van der Waals surface area contributed by atoms with Gasteiger partial charge in [-0.2, -0.15) is 0 Å². The number of esters is 2. The van der Waals surface area contributed by atoms with Crippen LogP contribution in [-0.2, 0) is 28.7 Å². The number of aliphatic hydroxyl groups is 1. The summed E-state index contributed by atoms with van der Waals surface area (Å²) in [5.74, 6) is -2.79. The minimum absolute atomic E-state index is 0.00425. The molecule has 3 unspecified atom stereocenters. The lowest BCUT2D eigenvalue weighted by Crippen LogP contribution is -2.71. The summed E-state index contributed by atoms with van der Waals surface area (Å²) >= 11 is 4.06. The van der Waals surface area contributed by atoms with Crippen LogP contribution in [-0.4, -0.2) is 85.0 Å². The molecule has 1 fully saturated rings.